The lowest BCUT2D eigenvalue weighted by molar-refractivity contribution is -0.124. The van der Waals surface area contributed by atoms with Gasteiger partial charge in [-0.3, -0.25) is 4.79 Å². The number of anilines is 1. The normalized spacial score (nSPS) is 11.9. The maximum absolute atomic E-state index is 11.6. The Bertz CT molecular complexity index is 342. The molecule has 0 saturated heterocycles. The molecular weight excluding hydrogens is 228 g/mol. The summed E-state index contributed by atoms with van der Waals surface area (Å²) in [6.45, 7) is 4.11. The van der Waals surface area contributed by atoms with Gasteiger partial charge < -0.3 is 16.0 Å². The number of rotatable bonds is 8. The lowest BCUT2D eigenvalue weighted by atomic mass is 10.1. The van der Waals surface area contributed by atoms with Gasteiger partial charge in [0.25, 0.3) is 0 Å². The summed E-state index contributed by atoms with van der Waals surface area (Å²) in [6.07, 6.45) is 2.64. The minimum atomic E-state index is 0.0127. The number of carbonyl (C=O) groups is 1. The predicted molar refractivity (Wildman–Crippen MR) is 73.4 cm³/mol. The fourth-order valence-electron chi connectivity index (χ4n) is 1.56. The molecule has 5 nitrogen and oxygen atoms in total. The van der Waals surface area contributed by atoms with E-state index in [9.17, 15) is 4.79 Å². The van der Waals surface area contributed by atoms with Gasteiger partial charge in [0, 0.05) is 31.7 Å². The quantitative estimate of drug-likeness (QED) is 0.599. The van der Waals surface area contributed by atoms with E-state index >= 15 is 0 Å². The third kappa shape index (κ3) is 5.63. The molecule has 1 heterocycles. The molecule has 5 heteroatoms. The molecule has 1 atom stereocenters. The minimum absolute atomic E-state index is 0.0127. The second-order valence-corrected chi connectivity index (χ2v) is 4.25. The van der Waals surface area contributed by atoms with Gasteiger partial charge >= 0.3 is 0 Å². The maximum atomic E-state index is 11.6. The summed E-state index contributed by atoms with van der Waals surface area (Å²) in [5, 5.41) is 9.10. The molecule has 18 heavy (non-hydrogen) atoms. The van der Waals surface area contributed by atoms with E-state index in [1.165, 1.54) is 0 Å². The number of nitrogens with one attached hydrogen (secondary N) is 3. The molecule has 0 radical (unpaired) electrons. The SMILES string of the molecule is CNCC(C)C(=O)NCCCNc1ccccn1. The second-order valence-electron chi connectivity index (χ2n) is 4.25. The fourth-order valence-corrected chi connectivity index (χ4v) is 1.56. The molecule has 0 aliphatic heterocycles. The molecule has 1 aromatic heterocycles. The Morgan fingerprint density at radius 3 is 2.89 bits per heavy atom. The monoisotopic (exact) mass is 250 g/mol. The van der Waals surface area contributed by atoms with Crippen LogP contribution in [0.15, 0.2) is 24.4 Å². The lowest BCUT2D eigenvalue weighted by Gasteiger charge is -2.11. The number of amides is 1. The average Bonchev–Trinajstić information content (AvgIpc) is 2.39. The summed E-state index contributed by atoms with van der Waals surface area (Å²) in [5.41, 5.74) is 0. The third-order valence-corrected chi connectivity index (χ3v) is 2.58. The first-order valence-corrected chi connectivity index (χ1v) is 6.31. The van der Waals surface area contributed by atoms with Crippen molar-refractivity contribution >= 4 is 11.7 Å². The van der Waals surface area contributed by atoms with Crippen molar-refractivity contribution in [2.24, 2.45) is 5.92 Å². The number of hydrogen-bond acceptors (Lipinski definition) is 4. The van der Waals surface area contributed by atoms with Crippen molar-refractivity contribution < 1.29 is 4.79 Å². The second kappa shape index (κ2) is 8.47. The molecule has 1 rings (SSSR count). The van der Waals surface area contributed by atoms with Crippen LogP contribution in [0.5, 0.6) is 0 Å². The van der Waals surface area contributed by atoms with E-state index < -0.39 is 0 Å². The van der Waals surface area contributed by atoms with Crippen molar-refractivity contribution in [1.29, 1.82) is 0 Å². The van der Waals surface area contributed by atoms with Crippen LogP contribution < -0.4 is 16.0 Å². The molecule has 0 aliphatic rings. The van der Waals surface area contributed by atoms with Crippen LogP contribution in [-0.4, -0.2) is 37.6 Å². The first kappa shape index (κ1) is 14.4. The molecule has 0 aliphatic carbocycles. The van der Waals surface area contributed by atoms with E-state index in [1.807, 2.05) is 32.2 Å². The largest absolute Gasteiger partial charge is 0.370 e. The Morgan fingerprint density at radius 2 is 2.22 bits per heavy atom. The maximum Gasteiger partial charge on any atom is 0.224 e. The van der Waals surface area contributed by atoms with Crippen LogP contribution in [0.2, 0.25) is 0 Å². The van der Waals surface area contributed by atoms with E-state index in [0.29, 0.717) is 13.1 Å². The molecule has 1 unspecified atom stereocenters. The zero-order chi connectivity index (χ0) is 13.2. The Hall–Kier alpha value is -1.62. The van der Waals surface area contributed by atoms with E-state index in [0.717, 1.165) is 18.8 Å². The van der Waals surface area contributed by atoms with Crippen LogP contribution in [0.4, 0.5) is 5.82 Å². The fraction of sp³-hybridized carbons (Fsp3) is 0.538. The zero-order valence-electron chi connectivity index (χ0n) is 11.1. The predicted octanol–water partition coefficient (Wildman–Crippen LogP) is 0.855. The Kier molecular flexibility index (Phi) is 6.79. The number of nitrogens with zero attached hydrogens (tertiary/aromatic N) is 1. The van der Waals surface area contributed by atoms with Gasteiger partial charge in [0.15, 0.2) is 0 Å². The molecule has 1 amide bonds. The highest BCUT2D eigenvalue weighted by atomic mass is 16.1. The van der Waals surface area contributed by atoms with Gasteiger partial charge in [-0.1, -0.05) is 13.0 Å². The first-order chi connectivity index (χ1) is 8.74. The standard InChI is InChI=1S/C13H22N4O/c1-11(10-14-2)13(18)17-9-5-8-16-12-6-3-4-7-15-12/h3-4,6-7,11,14H,5,8-10H2,1-2H3,(H,15,16)(H,17,18). The molecule has 3 N–H and O–H groups in total. The summed E-state index contributed by atoms with van der Waals surface area (Å²) in [7, 11) is 1.85. The van der Waals surface area contributed by atoms with Gasteiger partial charge in [0.2, 0.25) is 5.91 Å². The molecule has 100 valence electrons. The summed E-state index contributed by atoms with van der Waals surface area (Å²) in [5.74, 6) is 0.980. The molecule has 0 spiro atoms. The van der Waals surface area contributed by atoms with Gasteiger partial charge in [-0.15, -0.1) is 0 Å². The summed E-state index contributed by atoms with van der Waals surface area (Å²) < 4.78 is 0. The third-order valence-electron chi connectivity index (χ3n) is 2.58. The molecule has 1 aromatic rings. The van der Waals surface area contributed by atoms with Crippen molar-refractivity contribution in [3.63, 3.8) is 0 Å². The van der Waals surface area contributed by atoms with Crippen molar-refractivity contribution in [1.82, 2.24) is 15.6 Å². The van der Waals surface area contributed by atoms with E-state index in [-0.39, 0.29) is 11.8 Å². The highest BCUT2D eigenvalue weighted by Gasteiger charge is 2.10. The van der Waals surface area contributed by atoms with Gasteiger partial charge in [-0.2, -0.15) is 0 Å². The van der Waals surface area contributed by atoms with Crippen LogP contribution in [0.3, 0.4) is 0 Å². The van der Waals surface area contributed by atoms with Crippen LogP contribution in [-0.2, 0) is 4.79 Å². The van der Waals surface area contributed by atoms with Crippen molar-refractivity contribution in [3.05, 3.63) is 24.4 Å². The molecule has 0 fully saturated rings. The summed E-state index contributed by atoms with van der Waals surface area (Å²) in [4.78, 5) is 15.7. The van der Waals surface area contributed by atoms with E-state index in [2.05, 4.69) is 20.9 Å². The molecule has 0 aromatic carbocycles. The minimum Gasteiger partial charge on any atom is -0.370 e. The van der Waals surface area contributed by atoms with Crippen LogP contribution in [0.25, 0.3) is 0 Å². The van der Waals surface area contributed by atoms with Gasteiger partial charge in [-0.25, -0.2) is 4.98 Å². The molecule has 0 bridgehead atoms. The summed E-state index contributed by atoms with van der Waals surface area (Å²) >= 11 is 0. The van der Waals surface area contributed by atoms with Gasteiger partial charge in [0.05, 0.1) is 0 Å². The number of aromatic nitrogens is 1. The smallest absolute Gasteiger partial charge is 0.224 e. The van der Waals surface area contributed by atoms with Crippen molar-refractivity contribution in [3.8, 4) is 0 Å². The van der Waals surface area contributed by atoms with E-state index in [4.69, 9.17) is 0 Å². The average molecular weight is 250 g/mol. The lowest BCUT2D eigenvalue weighted by Crippen LogP contribution is -2.35. The van der Waals surface area contributed by atoms with Crippen LogP contribution in [0.1, 0.15) is 13.3 Å². The van der Waals surface area contributed by atoms with E-state index in [1.54, 1.807) is 6.20 Å². The zero-order valence-corrected chi connectivity index (χ0v) is 11.1. The topological polar surface area (TPSA) is 66.1 Å². The molecular formula is C13H22N4O. The number of carbonyl (C=O) groups excluding carboxylic acids is 1. The Morgan fingerprint density at radius 1 is 1.39 bits per heavy atom. The molecule has 0 saturated carbocycles. The van der Waals surface area contributed by atoms with Crippen molar-refractivity contribution in [2.45, 2.75) is 13.3 Å². The van der Waals surface area contributed by atoms with Crippen molar-refractivity contribution in [2.75, 3.05) is 32.0 Å². The first-order valence-electron chi connectivity index (χ1n) is 6.31. The van der Waals surface area contributed by atoms with Gasteiger partial charge in [-0.05, 0) is 25.6 Å². The Balaban J connectivity index is 2.07. The highest BCUT2D eigenvalue weighted by Crippen LogP contribution is 1.99. The number of hydrogen-bond donors (Lipinski definition) is 3. The summed E-state index contributed by atoms with van der Waals surface area (Å²) in [6, 6.07) is 5.75. The number of pyridine rings is 1. The van der Waals surface area contributed by atoms with Crippen LogP contribution in [0, 0.1) is 5.92 Å². The highest BCUT2D eigenvalue weighted by molar-refractivity contribution is 5.78. The van der Waals surface area contributed by atoms with Crippen LogP contribution >= 0.6 is 0 Å². The Labute approximate surface area is 108 Å². The van der Waals surface area contributed by atoms with Gasteiger partial charge in [0.1, 0.15) is 5.82 Å².